The van der Waals surface area contributed by atoms with E-state index in [9.17, 15) is 9.59 Å². The summed E-state index contributed by atoms with van der Waals surface area (Å²) < 4.78 is 0. The summed E-state index contributed by atoms with van der Waals surface area (Å²) in [6.45, 7) is 2.77. The van der Waals surface area contributed by atoms with Gasteiger partial charge in [0.15, 0.2) is 0 Å². The Morgan fingerprint density at radius 3 is 1.47 bits per heavy atom. The Kier molecular flexibility index (Phi) is 23.0. The van der Waals surface area contributed by atoms with Gasteiger partial charge in [0.1, 0.15) is 0 Å². The van der Waals surface area contributed by atoms with E-state index in [-0.39, 0.29) is 48.4 Å². The summed E-state index contributed by atoms with van der Waals surface area (Å²) in [6, 6.07) is 62.2. The van der Waals surface area contributed by atoms with Gasteiger partial charge in [-0.3, -0.25) is 60.3 Å². The number of nitrogens with one attached hydrogen (secondary N) is 4. The van der Waals surface area contributed by atoms with E-state index in [2.05, 4.69) is 136 Å². The Morgan fingerprint density at radius 1 is 0.383 bits per heavy atom. The molecule has 469 valence electrons. The van der Waals surface area contributed by atoms with E-state index in [1.165, 1.54) is 17.5 Å². The molecule has 0 bridgehead atoms. The van der Waals surface area contributed by atoms with Crippen LogP contribution in [0.25, 0.3) is 98.7 Å². The summed E-state index contributed by atoms with van der Waals surface area (Å²) in [5, 5.41) is 31.2. The van der Waals surface area contributed by atoms with Gasteiger partial charge in [-0.05, 0) is 145 Å². The number of amides is 2. The maximum absolute atomic E-state index is 12.7. The van der Waals surface area contributed by atoms with Gasteiger partial charge in [-0.1, -0.05) is 135 Å². The number of carbonyl (C=O) groups excluding carboxylic acids is 2. The monoisotopic (exact) mass is 1370 g/mol. The standard InChI is InChI=1S/C36H40N6O2.C18H12N2.2C12H8N2.Cu.Rh/c1-26-16-21-37-31(23-26)32-24-27(17-22-38-32)11-5-3-2-4-8-18-39-33(43)14-6-7-15-34(44)42-30-25-28-12-9-19-40-35(28)36-29(30)13-10-20-41-36;19-17-15-8-4-3-7-13(15)14-10-9-11-5-1-2-6-12(11)16(14)18(17)20;2*1-3-9-5-6-10-4-2-8-14-12(10)11(9)13-7-1;;/h9-10,12-13,16-17,19-25H,2-8,11,14-15,18H2,1H3,(H,39,43)(H,42,44);1-10,19-20H;2*1-8H;;/q;;;;+1;+2. The van der Waals surface area contributed by atoms with Crippen molar-refractivity contribution in [3.8, 4) is 22.5 Å². The molecule has 0 atom stereocenters. The number of hydrogen-bond donors (Lipinski definition) is 4. The largest absolute Gasteiger partial charge is 2.00 e. The number of carbonyl (C=O) groups is 2. The molecule has 4 N–H and O–H groups in total. The Hall–Kier alpha value is -10.2. The van der Waals surface area contributed by atoms with Crippen LogP contribution in [0.5, 0.6) is 0 Å². The van der Waals surface area contributed by atoms with Crippen LogP contribution in [-0.2, 0) is 52.6 Å². The van der Waals surface area contributed by atoms with Gasteiger partial charge >= 0.3 is 36.5 Å². The molecule has 0 fully saturated rings. The summed E-state index contributed by atoms with van der Waals surface area (Å²) in [6.07, 6.45) is 23.1. The van der Waals surface area contributed by atoms with E-state index in [0.29, 0.717) is 43.7 Å². The molecule has 0 spiro atoms. The molecule has 14 nitrogen and oxygen atoms in total. The fourth-order valence-electron chi connectivity index (χ4n) is 11.7. The van der Waals surface area contributed by atoms with Gasteiger partial charge in [0, 0.05) is 112 Å². The number of aromatic nitrogens is 8. The van der Waals surface area contributed by atoms with Crippen molar-refractivity contribution in [2.45, 2.75) is 71.1 Å². The SMILES string of the molecule is Cc1ccnc(-c2cc(CCCCCCCNC(=O)CCCCC(=O)Nc3cc4cccnc4c4ncccc34)ccn2)c1.N=C1C(=N)c2c(ccc3ccccc23)-c2ccccc21.[Cu+].[Rh+2].c1cnc2c(c1)ccc1cccnc12.c1cnc2c(c1)ccc1cccnc12. The molecule has 8 aromatic heterocycles. The molecule has 0 saturated heterocycles. The van der Waals surface area contributed by atoms with Gasteiger partial charge in [-0.25, -0.2) is 0 Å². The maximum atomic E-state index is 12.7. The molecule has 14 aromatic rings. The molecule has 1 aliphatic rings. The van der Waals surface area contributed by atoms with Gasteiger partial charge in [-0.2, -0.15) is 0 Å². The fraction of sp³-hybridized carbons (Fsp3) is 0.154. The van der Waals surface area contributed by atoms with Crippen molar-refractivity contribution in [1.29, 1.82) is 10.8 Å². The van der Waals surface area contributed by atoms with Gasteiger partial charge in [0.2, 0.25) is 11.8 Å². The number of aryl methyl sites for hydroxylation is 2. The van der Waals surface area contributed by atoms with E-state index in [1.807, 2.05) is 122 Å². The van der Waals surface area contributed by atoms with Gasteiger partial charge < -0.3 is 10.6 Å². The Labute approximate surface area is 568 Å². The van der Waals surface area contributed by atoms with Gasteiger partial charge in [-0.15, -0.1) is 0 Å². The number of hydrogen-bond acceptors (Lipinski definition) is 12. The molecule has 0 aliphatic heterocycles. The molecule has 0 unspecified atom stereocenters. The van der Waals surface area contributed by atoms with Crippen LogP contribution in [0, 0.1) is 17.7 Å². The maximum Gasteiger partial charge on any atom is 2.00 e. The third-order valence-corrected chi connectivity index (χ3v) is 16.4. The van der Waals surface area contributed by atoms with Crippen molar-refractivity contribution >= 4 is 105 Å². The van der Waals surface area contributed by atoms with Crippen LogP contribution in [0.3, 0.4) is 0 Å². The number of benzene rings is 6. The smallest absolute Gasteiger partial charge is 0.356 e. The van der Waals surface area contributed by atoms with E-state index in [4.69, 9.17) is 10.8 Å². The van der Waals surface area contributed by atoms with Crippen LogP contribution in [-0.4, -0.2) is 69.7 Å². The number of unbranched alkanes of at least 4 members (excludes halogenated alkanes) is 5. The Bertz CT molecular complexity index is 4810. The van der Waals surface area contributed by atoms with Crippen LogP contribution in [0.1, 0.15) is 80.0 Å². The number of pyridine rings is 8. The summed E-state index contributed by atoms with van der Waals surface area (Å²) >= 11 is 0. The molecule has 1 aliphatic carbocycles. The fourth-order valence-corrected chi connectivity index (χ4v) is 11.7. The van der Waals surface area contributed by atoms with Crippen molar-refractivity contribution in [3.05, 3.63) is 260 Å². The van der Waals surface area contributed by atoms with Crippen LogP contribution < -0.4 is 10.6 Å². The molecular weight excluding hydrogens is 1300 g/mol. The van der Waals surface area contributed by atoms with Crippen LogP contribution in [0.15, 0.2) is 238 Å². The first-order valence-corrected chi connectivity index (χ1v) is 31.3. The Morgan fingerprint density at radius 2 is 0.851 bits per heavy atom. The van der Waals surface area contributed by atoms with Crippen molar-refractivity contribution in [3.63, 3.8) is 0 Å². The first-order valence-electron chi connectivity index (χ1n) is 31.3. The molecule has 8 heterocycles. The van der Waals surface area contributed by atoms with Crippen LogP contribution >= 0.6 is 0 Å². The van der Waals surface area contributed by atoms with E-state index in [0.717, 1.165) is 148 Å². The second-order valence-electron chi connectivity index (χ2n) is 22.7. The minimum absolute atomic E-state index is 0. The van der Waals surface area contributed by atoms with Crippen molar-refractivity contribution < 1.29 is 46.1 Å². The first kappa shape index (κ1) is 66.7. The molecule has 6 aromatic carbocycles. The minimum Gasteiger partial charge on any atom is -0.356 e. The summed E-state index contributed by atoms with van der Waals surface area (Å²) in [5.74, 6) is -0.00689. The average Bonchev–Trinajstić information content (AvgIpc) is 0.749. The number of nitrogens with zero attached hydrogens (tertiary/aromatic N) is 8. The molecule has 1 radical (unpaired) electrons. The second kappa shape index (κ2) is 32.4. The van der Waals surface area contributed by atoms with Crippen molar-refractivity contribution in [2.24, 2.45) is 0 Å². The first-order chi connectivity index (χ1) is 45.2. The second-order valence-corrected chi connectivity index (χ2v) is 22.7. The average molecular weight is 1370 g/mol. The number of rotatable bonds is 15. The molecule has 15 rings (SSSR count). The summed E-state index contributed by atoms with van der Waals surface area (Å²) in [5.41, 5.74) is 15.0. The third-order valence-electron chi connectivity index (χ3n) is 16.4. The van der Waals surface area contributed by atoms with Crippen LogP contribution in [0.4, 0.5) is 5.69 Å². The number of anilines is 1. The van der Waals surface area contributed by atoms with E-state index >= 15 is 0 Å². The molecule has 0 saturated carbocycles. The topological polar surface area (TPSA) is 209 Å². The van der Waals surface area contributed by atoms with Crippen molar-refractivity contribution in [1.82, 2.24) is 45.2 Å². The Balaban J connectivity index is 0.000000156. The summed E-state index contributed by atoms with van der Waals surface area (Å²) in [7, 11) is 0. The van der Waals surface area contributed by atoms with E-state index in [1.54, 1.807) is 37.2 Å². The van der Waals surface area contributed by atoms with Crippen LogP contribution in [0.2, 0.25) is 0 Å². The molecule has 2 amide bonds. The molecule has 16 heteroatoms. The zero-order valence-electron chi connectivity index (χ0n) is 51.8. The summed E-state index contributed by atoms with van der Waals surface area (Å²) in [4.78, 5) is 60.2. The predicted octanol–water partition coefficient (Wildman–Crippen LogP) is 17.2. The van der Waals surface area contributed by atoms with Gasteiger partial charge in [0.05, 0.1) is 61.6 Å². The normalized spacial score (nSPS) is 11.2. The quantitative estimate of drug-likeness (QED) is 0.0433. The van der Waals surface area contributed by atoms with Crippen molar-refractivity contribution in [2.75, 3.05) is 11.9 Å². The minimum atomic E-state index is -0.0635. The predicted molar refractivity (Wildman–Crippen MR) is 373 cm³/mol. The zero-order chi connectivity index (χ0) is 63.0. The zero-order valence-corrected chi connectivity index (χ0v) is 54.4. The molecular formula is C78H68CuN12O2Rh+3. The van der Waals surface area contributed by atoms with Gasteiger partial charge in [0.25, 0.3) is 0 Å². The van der Waals surface area contributed by atoms with E-state index < -0.39 is 0 Å². The third kappa shape index (κ3) is 16.0. The molecule has 94 heavy (non-hydrogen) atoms. The number of fused-ring (bicyclic) bond motifs is 14.